The first kappa shape index (κ1) is 16.4. The summed E-state index contributed by atoms with van der Waals surface area (Å²) < 4.78 is 39.7. The van der Waals surface area contributed by atoms with E-state index >= 15 is 0 Å². The molecule has 0 aliphatic heterocycles. The van der Waals surface area contributed by atoms with Crippen LogP contribution >= 0.6 is 11.6 Å². The summed E-state index contributed by atoms with van der Waals surface area (Å²) in [5.41, 5.74) is -1.86. The molecule has 0 radical (unpaired) electrons. The number of benzene rings is 1. The lowest BCUT2D eigenvalue weighted by Crippen LogP contribution is -2.42. The number of hydrogen-bond acceptors (Lipinski definition) is 3. The summed E-state index contributed by atoms with van der Waals surface area (Å²) in [5.74, 6) is -0.483. The van der Waals surface area contributed by atoms with Crippen LogP contribution in [0.5, 0.6) is 0 Å². The summed E-state index contributed by atoms with van der Waals surface area (Å²) in [6.07, 6.45) is 5.16. The third-order valence-electron chi connectivity index (χ3n) is 2.29. The van der Waals surface area contributed by atoms with Gasteiger partial charge < -0.3 is 5.11 Å². The van der Waals surface area contributed by atoms with E-state index in [0.29, 0.717) is 6.07 Å². The number of rotatable bonds is 4. The molecule has 2 N–H and O–H groups in total. The lowest BCUT2D eigenvalue weighted by molar-refractivity contribution is 0.0696. The molecule has 0 aliphatic rings. The first-order valence-electron chi connectivity index (χ1n) is 5.24. The van der Waals surface area contributed by atoms with Gasteiger partial charge >= 0.3 is 5.97 Å². The SMILES string of the molecule is C#CC(C)(C)NS(=O)(=O)c1cc(F)c(Cl)c(C(=O)O)c1. The highest BCUT2D eigenvalue weighted by Gasteiger charge is 2.27. The Labute approximate surface area is 120 Å². The molecule has 0 spiro atoms. The number of hydrogen-bond donors (Lipinski definition) is 2. The third-order valence-corrected chi connectivity index (χ3v) is 4.31. The van der Waals surface area contributed by atoms with Crippen LogP contribution in [0.4, 0.5) is 4.39 Å². The van der Waals surface area contributed by atoms with Gasteiger partial charge in [-0.25, -0.2) is 17.6 Å². The number of terminal acetylenes is 1. The molecule has 0 aromatic heterocycles. The number of aromatic carboxylic acids is 1. The molecule has 1 aromatic carbocycles. The van der Waals surface area contributed by atoms with Crippen molar-refractivity contribution in [2.75, 3.05) is 0 Å². The number of carbonyl (C=O) groups is 1. The molecule has 0 saturated heterocycles. The average molecular weight is 320 g/mol. The van der Waals surface area contributed by atoms with Crippen LogP contribution in [-0.2, 0) is 10.0 Å². The highest BCUT2D eigenvalue weighted by atomic mass is 35.5. The van der Waals surface area contributed by atoms with Gasteiger partial charge in [-0.3, -0.25) is 0 Å². The van der Waals surface area contributed by atoms with Crippen molar-refractivity contribution in [3.63, 3.8) is 0 Å². The quantitative estimate of drug-likeness (QED) is 0.830. The first-order valence-corrected chi connectivity index (χ1v) is 7.10. The molecule has 108 valence electrons. The van der Waals surface area contributed by atoms with Crippen LogP contribution in [0.15, 0.2) is 17.0 Å². The van der Waals surface area contributed by atoms with E-state index in [1.165, 1.54) is 13.8 Å². The number of carboxylic acids is 1. The van der Waals surface area contributed by atoms with E-state index in [1.54, 1.807) is 0 Å². The van der Waals surface area contributed by atoms with Gasteiger partial charge in [-0.1, -0.05) is 17.5 Å². The van der Waals surface area contributed by atoms with Gasteiger partial charge in [-0.15, -0.1) is 6.42 Å². The van der Waals surface area contributed by atoms with Crippen LogP contribution in [-0.4, -0.2) is 25.0 Å². The van der Waals surface area contributed by atoms with Gasteiger partial charge in [0.05, 0.1) is 21.0 Å². The van der Waals surface area contributed by atoms with Crippen LogP contribution in [0.25, 0.3) is 0 Å². The number of nitrogens with one attached hydrogen (secondary N) is 1. The Balaban J connectivity index is 3.42. The zero-order valence-corrected chi connectivity index (χ0v) is 12.1. The normalized spacial score (nSPS) is 11.9. The van der Waals surface area contributed by atoms with Crippen molar-refractivity contribution in [3.05, 3.63) is 28.5 Å². The third kappa shape index (κ3) is 3.48. The van der Waals surface area contributed by atoms with Crippen molar-refractivity contribution >= 4 is 27.6 Å². The van der Waals surface area contributed by atoms with Crippen molar-refractivity contribution in [1.82, 2.24) is 4.72 Å². The smallest absolute Gasteiger partial charge is 0.337 e. The molecule has 8 heteroatoms. The van der Waals surface area contributed by atoms with E-state index in [0.717, 1.165) is 6.07 Å². The first-order chi connectivity index (χ1) is 9.00. The number of halogens is 2. The molecular weight excluding hydrogens is 309 g/mol. The lowest BCUT2D eigenvalue weighted by Gasteiger charge is -2.19. The van der Waals surface area contributed by atoms with Crippen molar-refractivity contribution in [3.8, 4) is 12.3 Å². The summed E-state index contributed by atoms with van der Waals surface area (Å²) >= 11 is 5.47. The number of carboxylic acid groups (broad SMARTS) is 1. The summed E-state index contributed by atoms with van der Waals surface area (Å²) in [6.45, 7) is 2.85. The Hall–Kier alpha value is -1.62. The molecule has 0 unspecified atom stereocenters. The van der Waals surface area contributed by atoms with Crippen molar-refractivity contribution in [1.29, 1.82) is 0 Å². The molecule has 0 saturated carbocycles. The Bertz CT molecular complexity index is 707. The molecule has 0 heterocycles. The van der Waals surface area contributed by atoms with Gasteiger partial charge in [0.25, 0.3) is 0 Å². The monoisotopic (exact) mass is 319 g/mol. The lowest BCUT2D eigenvalue weighted by atomic mass is 10.1. The molecule has 1 aromatic rings. The predicted molar refractivity (Wildman–Crippen MR) is 71.6 cm³/mol. The topological polar surface area (TPSA) is 83.5 Å². The van der Waals surface area contributed by atoms with E-state index in [-0.39, 0.29) is 0 Å². The highest BCUT2D eigenvalue weighted by molar-refractivity contribution is 7.89. The van der Waals surface area contributed by atoms with E-state index in [2.05, 4.69) is 10.6 Å². The second-order valence-corrected chi connectivity index (χ2v) is 6.51. The second-order valence-electron chi connectivity index (χ2n) is 4.45. The van der Waals surface area contributed by atoms with E-state index < -0.39 is 42.8 Å². The van der Waals surface area contributed by atoms with E-state index in [4.69, 9.17) is 23.1 Å². The molecule has 0 aliphatic carbocycles. The molecule has 0 atom stereocenters. The van der Waals surface area contributed by atoms with Crippen molar-refractivity contribution in [2.24, 2.45) is 0 Å². The minimum Gasteiger partial charge on any atom is -0.478 e. The fourth-order valence-corrected chi connectivity index (χ4v) is 2.87. The van der Waals surface area contributed by atoms with Crippen LogP contribution in [0.1, 0.15) is 24.2 Å². The predicted octanol–water partition coefficient (Wildman–Crippen LogP) is 1.87. The van der Waals surface area contributed by atoms with Gasteiger partial charge in [0.15, 0.2) is 0 Å². The molecule has 0 bridgehead atoms. The van der Waals surface area contributed by atoms with Crippen molar-refractivity contribution < 1.29 is 22.7 Å². The van der Waals surface area contributed by atoms with Crippen LogP contribution in [0.3, 0.4) is 0 Å². The zero-order chi connectivity index (χ0) is 15.7. The molecule has 0 amide bonds. The second kappa shape index (κ2) is 5.40. The van der Waals surface area contributed by atoms with Gasteiger partial charge in [-0.2, -0.15) is 4.72 Å². The van der Waals surface area contributed by atoms with Gasteiger partial charge in [0, 0.05) is 0 Å². The minimum atomic E-state index is -4.18. The Morgan fingerprint density at radius 2 is 2.05 bits per heavy atom. The van der Waals surface area contributed by atoms with E-state index in [9.17, 15) is 17.6 Å². The van der Waals surface area contributed by atoms with Gasteiger partial charge in [-0.05, 0) is 26.0 Å². The van der Waals surface area contributed by atoms with Crippen LogP contribution in [0.2, 0.25) is 5.02 Å². The largest absolute Gasteiger partial charge is 0.478 e. The molecular formula is C12H11ClFNO4S. The maximum Gasteiger partial charge on any atom is 0.337 e. The fraction of sp³-hybridized carbons (Fsp3) is 0.250. The Morgan fingerprint density at radius 1 is 1.50 bits per heavy atom. The maximum absolute atomic E-state index is 13.5. The van der Waals surface area contributed by atoms with Gasteiger partial charge in [0.2, 0.25) is 10.0 Å². The fourth-order valence-electron chi connectivity index (χ4n) is 1.30. The van der Waals surface area contributed by atoms with E-state index in [1.807, 2.05) is 0 Å². The average Bonchev–Trinajstić information content (AvgIpc) is 2.30. The molecule has 0 fully saturated rings. The number of sulfonamides is 1. The van der Waals surface area contributed by atoms with Gasteiger partial charge in [0.1, 0.15) is 5.82 Å². The molecule has 20 heavy (non-hydrogen) atoms. The molecule has 5 nitrogen and oxygen atoms in total. The maximum atomic E-state index is 13.5. The van der Waals surface area contributed by atoms with Crippen LogP contribution in [0, 0.1) is 18.2 Å². The summed E-state index contributed by atoms with van der Waals surface area (Å²) in [7, 11) is -4.18. The van der Waals surface area contributed by atoms with Crippen molar-refractivity contribution in [2.45, 2.75) is 24.3 Å². The van der Waals surface area contributed by atoms with Crippen LogP contribution < -0.4 is 4.72 Å². The highest BCUT2D eigenvalue weighted by Crippen LogP contribution is 2.25. The summed E-state index contributed by atoms with van der Waals surface area (Å²) in [4.78, 5) is 10.3. The minimum absolute atomic E-state index is 0.569. The summed E-state index contributed by atoms with van der Waals surface area (Å²) in [5, 5.41) is 8.20. The zero-order valence-electron chi connectivity index (χ0n) is 10.6. The standard InChI is InChI=1S/C12H11ClFNO4S/c1-4-12(2,3)15-20(18,19)7-5-8(11(16)17)10(13)9(14)6-7/h1,5-6,15H,2-3H3,(H,16,17). The molecule has 1 rings (SSSR count). The Kier molecular flexibility index (Phi) is 4.44. The Morgan fingerprint density at radius 3 is 2.50 bits per heavy atom. The summed E-state index contributed by atoms with van der Waals surface area (Å²) in [6, 6.07) is 1.40.